The molecule has 1 aromatic carbocycles. The molecule has 0 amide bonds. The Hall–Kier alpha value is -0.860. The van der Waals surface area contributed by atoms with Crippen LogP contribution < -0.4 is 11.5 Å². The summed E-state index contributed by atoms with van der Waals surface area (Å²) < 4.78 is 0. The minimum absolute atomic E-state index is 0.165. The lowest BCUT2D eigenvalue weighted by molar-refractivity contribution is 0.387. The molecule has 0 spiro atoms. The van der Waals surface area contributed by atoms with Crippen molar-refractivity contribution in [1.29, 1.82) is 0 Å². The van der Waals surface area contributed by atoms with Crippen molar-refractivity contribution in [3.63, 3.8) is 0 Å². The van der Waals surface area contributed by atoms with Crippen LogP contribution >= 0.6 is 0 Å². The van der Waals surface area contributed by atoms with Gasteiger partial charge in [-0.15, -0.1) is 0 Å². The van der Waals surface area contributed by atoms with Crippen LogP contribution in [-0.2, 0) is 6.42 Å². The Kier molecular flexibility index (Phi) is 2.57. The van der Waals surface area contributed by atoms with Gasteiger partial charge in [-0.1, -0.05) is 30.3 Å². The molecule has 0 bridgehead atoms. The fraction of sp³-hybridized carbons (Fsp3) is 0.500. The lowest BCUT2D eigenvalue weighted by Gasteiger charge is -2.29. The highest BCUT2D eigenvalue weighted by Crippen LogP contribution is 2.29. The highest BCUT2D eigenvalue weighted by molar-refractivity contribution is 5.19. The monoisotopic (exact) mass is 190 g/mol. The SMILES string of the molecule is NC1CCCC1(N)Cc1ccccc1. The first kappa shape index (κ1) is 9.69. The summed E-state index contributed by atoms with van der Waals surface area (Å²) in [6, 6.07) is 10.6. The fourth-order valence-electron chi connectivity index (χ4n) is 2.32. The molecule has 76 valence electrons. The molecule has 14 heavy (non-hydrogen) atoms. The molecule has 2 nitrogen and oxygen atoms in total. The maximum absolute atomic E-state index is 6.31. The molecule has 0 radical (unpaired) electrons. The van der Waals surface area contributed by atoms with Gasteiger partial charge < -0.3 is 11.5 Å². The third-order valence-corrected chi connectivity index (χ3v) is 3.27. The van der Waals surface area contributed by atoms with Crippen LogP contribution in [0.15, 0.2) is 30.3 Å². The second-order valence-electron chi connectivity index (χ2n) is 4.39. The Balaban J connectivity index is 2.10. The minimum atomic E-state index is -0.165. The number of rotatable bonds is 2. The minimum Gasteiger partial charge on any atom is -0.326 e. The Morgan fingerprint density at radius 1 is 1.29 bits per heavy atom. The van der Waals surface area contributed by atoms with Gasteiger partial charge in [0, 0.05) is 11.6 Å². The second-order valence-corrected chi connectivity index (χ2v) is 4.39. The molecule has 1 saturated carbocycles. The summed E-state index contributed by atoms with van der Waals surface area (Å²) in [6.45, 7) is 0. The van der Waals surface area contributed by atoms with Crippen molar-refractivity contribution in [3.8, 4) is 0 Å². The number of benzene rings is 1. The summed E-state index contributed by atoms with van der Waals surface area (Å²) in [7, 11) is 0. The molecule has 0 aromatic heterocycles. The highest BCUT2D eigenvalue weighted by Gasteiger charge is 2.36. The van der Waals surface area contributed by atoms with Crippen molar-refractivity contribution in [2.45, 2.75) is 37.3 Å². The van der Waals surface area contributed by atoms with E-state index < -0.39 is 0 Å². The Bertz CT molecular complexity index is 296. The van der Waals surface area contributed by atoms with Crippen molar-refractivity contribution in [2.24, 2.45) is 11.5 Å². The van der Waals surface area contributed by atoms with E-state index in [4.69, 9.17) is 11.5 Å². The molecule has 2 heteroatoms. The quantitative estimate of drug-likeness (QED) is 0.741. The Morgan fingerprint density at radius 3 is 2.57 bits per heavy atom. The van der Waals surface area contributed by atoms with Gasteiger partial charge in [-0.05, 0) is 31.2 Å². The van der Waals surface area contributed by atoms with E-state index in [0.717, 1.165) is 19.3 Å². The number of nitrogens with two attached hydrogens (primary N) is 2. The standard InChI is InChI=1S/C12H18N2/c13-11-7-4-8-12(11,14)9-10-5-2-1-3-6-10/h1-3,5-6,11H,4,7-9,13-14H2. The van der Waals surface area contributed by atoms with Crippen molar-refractivity contribution in [2.75, 3.05) is 0 Å². The van der Waals surface area contributed by atoms with E-state index in [9.17, 15) is 0 Å². The van der Waals surface area contributed by atoms with Gasteiger partial charge in [0.2, 0.25) is 0 Å². The molecule has 0 saturated heterocycles. The first-order valence-electron chi connectivity index (χ1n) is 5.29. The molecule has 0 aliphatic heterocycles. The average Bonchev–Trinajstić information content (AvgIpc) is 2.48. The predicted octanol–water partition coefficient (Wildman–Crippen LogP) is 1.44. The smallest absolute Gasteiger partial charge is 0.0348 e. The zero-order valence-electron chi connectivity index (χ0n) is 8.45. The topological polar surface area (TPSA) is 52.0 Å². The van der Waals surface area contributed by atoms with Crippen LogP contribution in [0.3, 0.4) is 0 Å². The van der Waals surface area contributed by atoms with Crippen LogP contribution in [0, 0.1) is 0 Å². The van der Waals surface area contributed by atoms with Crippen LogP contribution in [0.25, 0.3) is 0 Å². The molecule has 2 rings (SSSR count). The van der Waals surface area contributed by atoms with Crippen LogP contribution in [0.1, 0.15) is 24.8 Å². The zero-order valence-corrected chi connectivity index (χ0v) is 8.45. The van der Waals surface area contributed by atoms with Crippen LogP contribution in [0.4, 0.5) is 0 Å². The van der Waals surface area contributed by atoms with E-state index in [1.54, 1.807) is 0 Å². The van der Waals surface area contributed by atoms with Gasteiger partial charge in [-0.2, -0.15) is 0 Å². The van der Waals surface area contributed by atoms with E-state index in [2.05, 4.69) is 24.3 Å². The van der Waals surface area contributed by atoms with Gasteiger partial charge in [-0.3, -0.25) is 0 Å². The van der Waals surface area contributed by atoms with Gasteiger partial charge in [0.15, 0.2) is 0 Å². The lowest BCUT2D eigenvalue weighted by Crippen LogP contribution is -2.53. The molecule has 4 N–H and O–H groups in total. The fourth-order valence-corrected chi connectivity index (χ4v) is 2.32. The summed E-state index contributed by atoms with van der Waals surface area (Å²) in [6.07, 6.45) is 4.21. The van der Waals surface area contributed by atoms with Gasteiger partial charge in [-0.25, -0.2) is 0 Å². The van der Waals surface area contributed by atoms with Crippen LogP contribution in [-0.4, -0.2) is 11.6 Å². The van der Waals surface area contributed by atoms with E-state index >= 15 is 0 Å². The van der Waals surface area contributed by atoms with Gasteiger partial charge in [0.05, 0.1) is 0 Å². The lowest BCUT2D eigenvalue weighted by atomic mass is 9.87. The third kappa shape index (κ3) is 1.81. The normalized spacial score (nSPS) is 32.0. The maximum Gasteiger partial charge on any atom is 0.0348 e. The molecule has 2 unspecified atom stereocenters. The summed E-state index contributed by atoms with van der Waals surface area (Å²) >= 11 is 0. The van der Waals surface area contributed by atoms with E-state index in [0.29, 0.717) is 0 Å². The molecular weight excluding hydrogens is 172 g/mol. The summed E-state index contributed by atoms with van der Waals surface area (Å²) in [4.78, 5) is 0. The molecule has 2 atom stereocenters. The van der Waals surface area contributed by atoms with Crippen LogP contribution in [0.5, 0.6) is 0 Å². The third-order valence-electron chi connectivity index (χ3n) is 3.27. The second kappa shape index (κ2) is 3.71. The first-order valence-corrected chi connectivity index (χ1v) is 5.29. The Labute approximate surface area is 85.3 Å². The van der Waals surface area contributed by atoms with E-state index in [-0.39, 0.29) is 11.6 Å². The van der Waals surface area contributed by atoms with E-state index in [1.165, 1.54) is 12.0 Å². The summed E-state index contributed by atoms with van der Waals surface area (Å²) in [5, 5.41) is 0. The number of hydrogen-bond donors (Lipinski definition) is 2. The van der Waals surface area contributed by atoms with Crippen molar-refractivity contribution in [3.05, 3.63) is 35.9 Å². The molecule has 1 aliphatic carbocycles. The predicted molar refractivity (Wildman–Crippen MR) is 58.9 cm³/mol. The summed E-state index contributed by atoms with van der Waals surface area (Å²) in [5.41, 5.74) is 13.5. The van der Waals surface area contributed by atoms with Gasteiger partial charge >= 0.3 is 0 Å². The maximum atomic E-state index is 6.31. The number of hydrogen-bond acceptors (Lipinski definition) is 2. The van der Waals surface area contributed by atoms with Crippen LogP contribution in [0.2, 0.25) is 0 Å². The van der Waals surface area contributed by atoms with Crippen molar-refractivity contribution >= 4 is 0 Å². The Morgan fingerprint density at radius 2 is 2.00 bits per heavy atom. The zero-order chi connectivity index (χ0) is 10.0. The van der Waals surface area contributed by atoms with Gasteiger partial charge in [0.1, 0.15) is 0 Å². The molecular formula is C12H18N2. The largest absolute Gasteiger partial charge is 0.326 e. The molecule has 1 aliphatic rings. The molecule has 1 aromatic rings. The molecule has 0 heterocycles. The summed E-state index contributed by atoms with van der Waals surface area (Å²) in [5.74, 6) is 0. The first-order chi connectivity index (χ1) is 6.71. The van der Waals surface area contributed by atoms with Crippen molar-refractivity contribution < 1.29 is 0 Å². The van der Waals surface area contributed by atoms with E-state index in [1.807, 2.05) is 6.07 Å². The van der Waals surface area contributed by atoms with Gasteiger partial charge in [0.25, 0.3) is 0 Å². The highest BCUT2D eigenvalue weighted by atomic mass is 14.9. The molecule has 1 fully saturated rings. The van der Waals surface area contributed by atoms with Crippen molar-refractivity contribution in [1.82, 2.24) is 0 Å². The average molecular weight is 190 g/mol.